The van der Waals surface area contributed by atoms with Crippen LogP contribution in [0, 0.1) is 5.82 Å². The van der Waals surface area contributed by atoms with Gasteiger partial charge >= 0.3 is 0 Å². The number of nitrogen functional groups attached to an aromatic ring is 1. The predicted octanol–water partition coefficient (Wildman–Crippen LogP) is 1.23. The Labute approximate surface area is 112 Å². The average molecular weight is 291 g/mol. The van der Waals surface area contributed by atoms with Crippen molar-refractivity contribution in [2.24, 2.45) is 0 Å². The van der Waals surface area contributed by atoms with Gasteiger partial charge in [0.05, 0.1) is 23.9 Å². The summed E-state index contributed by atoms with van der Waals surface area (Å²) in [6, 6.07) is 3.30. The van der Waals surface area contributed by atoms with Crippen molar-refractivity contribution in [1.82, 2.24) is 0 Å². The summed E-state index contributed by atoms with van der Waals surface area (Å²) in [5.74, 6) is -0.766. The molecule has 0 aliphatic rings. The van der Waals surface area contributed by atoms with Crippen molar-refractivity contribution in [3.05, 3.63) is 24.0 Å². The lowest BCUT2D eigenvalue weighted by atomic mass is 10.3. The molecule has 0 saturated carbocycles. The minimum atomic E-state index is -3.53. The van der Waals surface area contributed by atoms with Crippen LogP contribution in [-0.4, -0.2) is 41.1 Å². The third-order valence-electron chi connectivity index (χ3n) is 2.39. The van der Waals surface area contributed by atoms with E-state index in [0.717, 1.165) is 12.1 Å². The van der Waals surface area contributed by atoms with Crippen molar-refractivity contribution in [2.45, 2.75) is 11.3 Å². The molecule has 1 rings (SSSR count). The Morgan fingerprint density at radius 2 is 1.95 bits per heavy atom. The third-order valence-corrected chi connectivity index (χ3v) is 4.17. The molecule has 0 aliphatic carbocycles. The fraction of sp³-hybridized carbons (Fsp3) is 0.500. The van der Waals surface area contributed by atoms with Gasteiger partial charge in [-0.05, 0) is 24.6 Å². The summed E-state index contributed by atoms with van der Waals surface area (Å²) in [5.41, 5.74) is 5.52. The van der Waals surface area contributed by atoms with E-state index in [1.165, 1.54) is 6.07 Å². The van der Waals surface area contributed by atoms with Crippen LogP contribution in [0.1, 0.15) is 6.42 Å². The van der Waals surface area contributed by atoms with E-state index in [0.29, 0.717) is 26.2 Å². The molecule has 0 aromatic heterocycles. The quantitative estimate of drug-likeness (QED) is 0.576. The summed E-state index contributed by atoms with van der Waals surface area (Å²) < 4.78 is 46.9. The van der Waals surface area contributed by atoms with Crippen molar-refractivity contribution in [3.63, 3.8) is 0 Å². The second kappa shape index (κ2) is 7.42. The molecule has 19 heavy (non-hydrogen) atoms. The number of nitrogens with two attached hydrogens (primary N) is 1. The maximum Gasteiger partial charge on any atom is 0.178 e. The Bertz CT molecular complexity index is 484. The van der Waals surface area contributed by atoms with Gasteiger partial charge in [-0.15, -0.1) is 0 Å². The molecule has 0 aliphatic heterocycles. The molecule has 108 valence electrons. The van der Waals surface area contributed by atoms with Crippen molar-refractivity contribution in [3.8, 4) is 0 Å². The zero-order chi connectivity index (χ0) is 14.3. The lowest BCUT2D eigenvalue weighted by molar-refractivity contribution is 0.0712. The van der Waals surface area contributed by atoms with E-state index in [9.17, 15) is 12.8 Å². The maximum absolute atomic E-state index is 13.1. The van der Waals surface area contributed by atoms with Gasteiger partial charge in [0.25, 0.3) is 0 Å². The number of benzene rings is 1. The zero-order valence-electron chi connectivity index (χ0n) is 10.8. The molecule has 0 amide bonds. The molecule has 0 saturated heterocycles. The van der Waals surface area contributed by atoms with Crippen LogP contribution < -0.4 is 5.73 Å². The van der Waals surface area contributed by atoms with Crippen molar-refractivity contribution in [2.75, 3.05) is 38.4 Å². The molecule has 0 bridgehead atoms. The number of sulfone groups is 1. The molecule has 7 heteroatoms. The molecule has 0 spiro atoms. The second-order valence-electron chi connectivity index (χ2n) is 4.00. The smallest absolute Gasteiger partial charge is 0.178 e. The van der Waals surface area contributed by atoms with Gasteiger partial charge in [0, 0.05) is 19.4 Å². The highest BCUT2D eigenvalue weighted by atomic mass is 32.2. The summed E-state index contributed by atoms with van der Waals surface area (Å²) in [5, 5.41) is 0. The molecule has 0 radical (unpaired) electrons. The van der Waals surface area contributed by atoms with Gasteiger partial charge < -0.3 is 15.2 Å². The molecule has 0 fully saturated rings. The van der Waals surface area contributed by atoms with Crippen LogP contribution in [0.3, 0.4) is 0 Å². The monoisotopic (exact) mass is 291 g/mol. The fourth-order valence-corrected chi connectivity index (χ4v) is 2.82. The predicted molar refractivity (Wildman–Crippen MR) is 70.2 cm³/mol. The molecular formula is C12H18FNO4S. The minimum Gasteiger partial charge on any atom is -0.399 e. The highest BCUT2D eigenvalue weighted by Crippen LogP contribution is 2.17. The van der Waals surface area contributed by atoms with Crippen LogP contribution in [-0.2, 0) is 19.3 Å². The van der Waals surface area contributed by atoms with Crippen molar-refractivity contribution in [1.29, 1.82) is 0 Å². The molecule has 5 nitrogen and oxygen atoms in total. The third kappa shape index (κ3) is 5.54. The van der Waals surface area contributed by atoms with E-state index < -0.39 is 15.7 Å². The normalized spacial score (nSPS) is 11.7. The number of halogens is 1. The summed E-state index contributed by atoms with van der Waals surface area (Å²) in [6.07, 6.45) is 0.336. The lowest BCUT2D eigenvalue weighted by Crippen LogP contribution is -2.11. The summed E-state index contributed by atoms with van der Waals surface area (Å²) >= 11 is 0. The highest BCUT2D eigenvalue weighted by Gasteiger charge is 2.15. The maximum atomic E-state index is 13.1. The molecule has 0 unspecified atom stereocenters. The Morgan fingerprint density at radius 3 is 2.58 bits per heavy atom. The van der Waals surface area contributed by atoms with Gasteiger partial charge in [-0.2, -0.15) is 0 Å². The first kappa shape index (κ1) is 15.9. The van der Waals surface area contributed by atoms with Crippen LogP contribution in [0.4, 0.5) is 10.1 Å². The Hall–Kier alpha value is -1.18. The first-order valence-electron chi connectivity index (χ1n) is 5.81. The molecule has 0 heterocycles. The van der Waals surface area contributed by atoms with E-state index in [1.54, 1.807) is 7.11 Å². The number of anilines is 1. The summed E-state index contributed by atoms with van der Waals surface area (Å²) in [4.78, 5) is -0.0955. The standard InChI is InChI=1S/C12H18FNO4S/c1-17-4-5-18-3-2-6-19(15,16)12-8-10(13)7-11(14)9-12/h7-9H,2-6,14H2,1H3. The number of rotatable bonds is 8. The number of hydrogen-bond acceptors (Lipinski definition) is 5. The topological polar surface area (TPSA) is 78.6 Å². The number of hydrogen-bond donors (Lipinski definition) is 1. The van der Waals surface area contributed by atoms with Crippen LogP contribution in [0.25, 0.3) is 0 Å². The highest BCUT2D eigenvalue weighted by molar-refractivity contribution is 7.91. The minimum absolute atomic E-state index is 0.0925. The van der Waals surface area contributed by atoms with Gasteiger partial charge in [0.15, 0.2) is 9.84 Å². The number of ether oxygens (including phenoxy) is 2. The zero-order valence-corrected chi connectivity index (χ0v) is 11.6. The first-order chi connectivity index (χ1) is 8.95. The van der Waals surface area contributed by atoms with E-state index in [-0.39, 0.29) is 16.3 Å². The Balaban J connectivity index is 2.51. The van der Waals surface area contributed by atoms with Gasteiger partial charge in [-0.1, -0.05) is 0 Å². The molecule has 0 atom stereocenters. The average Bonchev–Trinajstić information content (AvgIpc) is 2.32. The van der Waals surface area contributed by atoms with E-state index >= 15 is 0 Å². The van der Waals surface area contributed by atoms with Gasteiger partial charge in [0.1, 0.15) is 5.82 Å². The fourth-order valence-electron chi connectivity index (χ4n) is 1.48. The molecule has 2 N–H and O–H groups in total. The summed E-state index contributed by atoms with van der Waals surface area (Å²) in [7, 11) is -1.97. The van der Waals surface area contributed by atoms with Crippen LogP contribution >= 0.6 is 0 Å². The van der Waals surface area contributed by atoms with Crippen molar-refractivity contribution < 1.29 is 22.3 Å². The molecule has 1 aromatic rings. The number of methoxy groups -OCH3 is 1. The second-order valence-corrected chi connectivity index (χ2v) is 6.11. The van der Waals surface area contributed by atoms with Crippen LogP contribution in [0.5, 0.6) is 0 Å². The molecule has 1 aromatic carbocycles. The van der Waals surface area contributed by atoms with E-state index in [4.69, 9.17) is 15.2 Å². The van der Waals surface area contributed by atoms with Crippen LogP contribution in [0.2, 0.25) is 0 Å². The Kier molecular flexibility index (Phi) is 6.20. The van der Waals surface area contributed by atoms with Gasteiger partial charge in [-0.25, -0.2) is 12.8 Å². The van der Waals surface area contributed by atoms with E-state index in [2.05, 4.69) is 0 Å². The summed E-state index contributed by atoms with van der Waals surface area (Å²) in [6.45, 7) is 1.20. The van der Waals surface area contributed by atoms with E-state index in [1.807, 2.05) is 0 Å². The van der Waals surface area contributed by atoms with Crippen LogP contribution in [0.15, 0.2) is 23.1 Å². The van der Waals surface area contributed by atoms with Crippen molar-refractivity contribution >= 4 is 15.5 Å². The Morgan fingerprint density at radius 1 is 1.21 bits per heavy atom. The molecular weight excluding hydrogens is 273 g/mol. The SMILES string of the molecule is COCCOCCCS(=O)(=O)c1cc(N)cc(F)c1. The largest absolute Gasteiger partial charge is 0.399 e. The first-order valence-corrected chi connectivity index (χ1v) is 7.46. The van der Waals surface area contributed by atoms with Gasteiger partial charge in [-0.3, -0.25) is 0 Å². The van der Waals surface area contributed by atoms with Gasteiger partial charge in [0.2, 0.25) is 0 Å². The lowest BCUT2D eigenvalue weighted by Gasteiger charge is -2.06.